The first-order valence-electron chi connectivity index (χ1n) is 9.71. The predicted molar refractivity (Wildman–Crippen MR) is 105 cm³/mol. The van der Waals surface area contributed by atoms with Crippen molar-refractivity contribution in [2.24, 2.45) is 0 Å². The van der Waals surface area contributed by atoms with E-state index in [4.69, 9.17) is 4.74 Å². The molecule has 1 N–H and O–H groups in total. The van der Waals surface area contributed by atoms with Crippen molar-refractivity contribution < 1.29 is 13.2 Å². The number of sulfonamides is 1. The Morgan fingerprint density at radius 2 is 1.93 bits per heavy atom. The van der Waals surface area contributed by atoms with Crippen LogP contribution in [0.25, 0.3) is 10.8 Å². The van der Waals surface area contributed by atoms with E-state index >= 15 is 0 Å². The lowest BCUT2D eigenvalue weighted by molar-refractivity contribution is -0.0304. The van der Waals surface area contributed by atoms with Crippen LogP contribution >= 0.6 is 0 Å². The molecule has 0 spiro atoms. The highest BCUT2D eigenvalue weighted by Gasteiger charge is 2.45. The second-order valence-electron chi connectivity index (χ2n) is 7.61. The van der Waals surface area contributed by atoms with Crippen molar-refractivity contribution in [3.63, 3.8) is 0 Å². The fraction of sp³-hybridized carbons (Fsp3) is 0.550. The molecule has 1 aliphatic heterocycles. The smallest absolute Gasteiger partial charge is 0.241 e. The number of ether oxygens (including phenoxy) is 1. The second-order valence-corrected chi connectivity index (χ2v) is 9.29. The normalized spacial score (nSPS) is 22.1. The number of hydrogen-bond donors (Lipinski definition) is 1. The van der Waals surface area contributed by atoms with Crippen LogP contribution in [-0.2, 0) is 14.8 Å². The number of hydrogen-bond acceptors (Lipinski definition) is 5. The monoisotopic (exact) mass is 389 g/mol. The van der Waals surface area contributed by atoms with Crippen molar-refractivity contribution in [3.05, 3.63) is 36.7 Å². The number of pyridine rings is 1. The van der Waals surface area contributed by atoms with E-state index in [2.05, 4.69) is 14.6 Å². The van der Waals surface area contributed by atoms with Crippen molar-refractivity contribution in [3.8, 4) is 0 Å². The molecule has 6 nitrogen and oxygen atoms in total. The summed E-state index contributed by atoms with van der Waals surface area (Å²) in [6, 6.07) is 6.93. The maximum absolute atomic E-state index is 13.3. The molecule has 0 bridgehead atoms. The summed E-state index contributed by atoms with van der Waals surface area (Å²) in [7, 11) is -3.64. The molecule has 1 aliphatic carbocycles. The van der Waals surface area contributed by atoms with Crippen molar-refractivity contribution in [2.45, 2.75) is 49.1 Å². The molecule has 4 rings (SSSR count). The van der Waals surface area contributed by atoms with E-state index in [1.165, 1.54) is 0 Å². The molecule has 1 atom stereocenters. The molecule has 1 saturated heterocycles. The number of morpholine rings is 1. The summed E-state index contributed by atoms with van der Waals surface area (Å²) >= 11 is 0. The van der Waals surface area contributed by atoms with Gasteiger partial charge in [0.1, 0.15) is 0 Å². The number of benzene rings is 1. The zero-order valence-electron chi connectivity index (χ0n) is 15.7. The van der Waals surface area contributed by atoms with E-state index < -0.39 is 10.0 Å². The topological polar surface area (TPSA) is 71.5 Å². The Morgan fingerprint density at radius 3 is 2.67 bits per heavy atom. The van der Waals surface area contributed by atoms with Crippen LogP contribution in [0.15, 0.2) is 41.6 Å². The van der Waals surface area contributed by atoms with E-state index in [0.29, 0.717) is 10.3 Å². The van der Waals surface area contributed by atoms with Gasteiger partial charge in [-0.2, -0.15) is 0 Å². The predicted octanol–water partition coefficient (Wildman–Crippen LogP) is 2.55. The van der Waals surface area contributed by atoms with Gasteiger partial charge in [0.2, 0.25) is 10.0 Å². The highest BCUT2D eigenvalue weighted by atomic mass is 32.2. The average molecular weight is 390 g/mol. The third kappa shape index (κ3) is 3.49. The molecule has 0 unspecified atom stereocenters. The third-order valence-corrected chi connectivity index (χ3v) is 7.78. The van der Waals surface area contributed by atoms with E-state index in [-0.39, 0.29) is 11.6 Å². The van der Waals surface area contributed by atoms with E-state index in [0.717, 1.165) is 57.4 Å². The van der Waals surface area contributed by atoms with Gasteiger partial charge < -0.3 is 4.74 Å². The first-order valence-corrected chi connectivity index (χ1v) is 11.2. The molecule has 2 heterocycles. The van der Waals surface area contributed by atoms with Gasteiger partial charge in [-0.15, -0.1) is 0 Å². The van der Waals surface area contributed by atoms with Gasteiger partial charge in [0.25, 0.3) is 0 Å². The Hall–Kier alpha value is -1.54. The fourth-order valence-electron chi connectivity index (χ4n) is 4.75. The van der Waals surface area contributed by atoms with Crippen LogP contribution in [0.3, 0.4) is 0 Å². The minimum atomic E-state index is -3.64. The Balaban J connectivity index is 1.64. The lowest BCUT2D eigenvalue weighted by atomic mass is 9.87. The summed E-state index contributed by atoms with van der Waals surface area (Å²) in [5.41, 5.74) is -0.122. The molecule has 27 heavy (non-hydrogen) atoms. The molecule has 2 fully saturated rings. The zero-order chi connectivity index (χ0) is 18.9. The van der Waals surface area contributed by atoms with Gasteiger partial charge >= 0.3 is 0 Å². The summed E-state index contributed by atoms with van der Waals surface area (Å²) in [5, 5.41) is 1.54. The Bertz CT molecular complexity index is 898. The van der Waals surface area contributed by atoms with Crippen molar-refractivity contribution >= 4 is 20.8 Å². The Labute approximate surface area is 161 Å². The average Bonchev–Trinajstić information content (AvgIpc) is 3.19. The summed E-state index contributed by atoms with van der Waals surface area (Å²) in [4.78, 5) is 6.87. The van der Waals surface area contributed by atoms with Crippen LogP contribution in [0.1, 0.15) is 32.6 Å². The molecule has 146 valence electrons. The highest BCUT2D eigenvalue weighted by Crippen LogP contribution is 2.39. The molecule has 7 heteroatoms. The third-order valence-electron chi connectivity index (χ3n) is 6.18. The SMILES string of the molecule is C[C@@H](NS(=O)(=O)c1cccc2cnccc12)C1(N2CCOCC2)CCCC1. The number of nitrogens with zero attached hydrogens (tertiary/aromatic N) is 2. The summed E-state index contributed by atoms with van der Waals surface area (Å²) < 4.78 is 35.1. The number of fused-ring (bicyclic) bond motifs is 1. The highest BCUT2D eigenvalue weighted by molar-refractivity contribution is 7.89. The van der Waals surface area contributed by atoms with Crippen molar-refractivity contribution in [2.75, 3.05) is 26.3 Å². The van der Waals surface area contributed by atoms with E-state index in [1.807, 2.05) is 13.0 Å². The standard InChI is InChI=1S/C20H27N3O3S/c1-16(20(8-2-3-9-20)23-11-13-26-14-12-23)22-27(24,25)19-6-4-5-17-15-21-10-7-18(17)19/h4-7,10,15-16,22H,2-3,8-9,11-14H2,1H3/t16-/m1/s1. The fourth-order valence-corrected chi connectivity index (χ4v) is 6.30. The van der Waals surface area contributed by atoms with Crippen LogP contribution in [0.4, 0.5) is 0 Å². The van der Waals surface area contributed by atoms with Gasteiger partial charge in [-0.25, -0.2) is 13.1 Å². The van der Waals surface area contributed by atoms with Gasteiger partial charge in [-0.05, 0) is 31.9 Å². The molecule has 0 amide bonds. The van der Waals surface area contributed by atoms with Crippen molar-refractivity contribution in [1.29, 1.82) is 0 Å². The Morgan fingerprint density at radius 1 is 1.19 bits per heavy atom. The maximum atomic E-state index is 13.3. The second kappa shape index (κ2) is 7.47. The molecule has 2 aromatic rings. The van der Waals surface area contributed by atoms with Gasteiger partial charge in [0.15, 0.2) is 0 Å². The summed E-state index contributed by atoms with van der Waals surface area (Å²) in [6.45, 7) is 5.19. The molecule has 2 aliphatic rings. The molecule has 0 radical (unpaired) electrons. The molecule has 1 aromatic carbocycles. The largest absolute Gasteiger partial charge is 0.379 e. The van der Waals surface area contributed by atoms with E-state index in [1.54, 1.807) is 30.6 Å². The van der Waals surface area contributed by atoms with Crippen LogP contribution in [0.2, 0.25) is 0 Å². The number of rotatable bonds is 5. The lowest BCUT2D eigenvalue weighted by Crippen LogP contribution is -2.62. The summed E-state index contributed by atoms with van der Waals surface area (Å²) in [6.07, 6.45) is 7.67. The van der Waals surface area contributed by atoms with Gasteiger partial charge in [0.05, 0.1) is 18.1 Å². The first kappa shape index (κ1) is 18.8. The maximum Gasteiger partial charge on any atom is 0.241 e. The number of aromatic nitrogens is 1. The van der Waals surface area contributed by atoms with Gasteiger partial charge in [-0.3, -0.25) is 9.88 Å². The quantitative estimate of drug-likeness (QED) is 0.851. The number of nitrogens with one attached hydrogen (secondary N) is 1. The Kier molecular flexibility index (Phi) is 5.20. The first-order chi connectivity index (χ1) is 13.0. The van der Waals surface area contributed by atoms with Crippen molar-refractivity contribution in [1.82, 2.24) is 14.6 Å². The van der Waals surface area contributed by atoms with Crippen LogP contribution < -0.4 is 4.72 Å². The van der Waals surface area contributed by atoms with Crippen LogP contribution in [-0.4, -0.2) is 56.2 Å². The minimum Gasteiger partial charge on any atom is -0.379 e. The van der Waals surface area contributed by atoms with E-state index in [9.17, 15) is 8.42 Å². The zero-order valence-corrected chi connectivity index (χ0v) is 16.5. The minimum absolute atomic E-state index is 0.122. The molecule has 1 aromatic heterocycles. The van der Waals surface area contributed by atoms with Gasteiger partial charge in [0, 0.05) is 47.8 Å². The molecular formula is C20H27N3O3S. The summed E-state index contributed by atoms with van der Waals surface area (Å²) in [5.74, 6) is 0. The van der Waals surface area contributed by atoms with Crippen LogP contribution in [0, 0.1) is 0 Å². The molecule has 1 saturated carbocycles. The van der Waals surface area contributed by atoms with Gasteiger partial charge in [-0.1, -0.05) is 25.0 Å². The lowest BCUT2D eigenvalue weighted by Gasteiger charge is -2.47. The van der Waals surface area contributed by atoms with Crippen LogP contribution in [0.5, 0.6) is 0 Å². The molecular weight excluding hydrogens is 362 g/mol.